The third kappa shape index (κ3) is 3.47. The van der Waals surface area contributed by atoms with Crippen LogP contribution in [-0.4, -0.2) is 11.9 Å². The number of nitrogens with one attached hydrogen (secondary N) is 1. The lowest BCUT2D eigenvalue weighted by atomic mass is 9.82. The molecule has 1 aromatic rings. The number of carboxylic acids is 1. The number of carboxylic acid groups (broad SMARTS) is 1. The Balaban J connectivity index is 2.22. The van der Waals surface area contributed by atoms with Crippen molar-refractivity contribution in [3.63, 3.8) is 0 Å². The first-order valence-electron chi connectivity index (χ1n) is 6.63. The van der Waals surface area contributed by atoms with E-state index in [1.807, 2.05) is 0 Å². The monoisotopic (exact) mass is 312 g/mol. The smallest absolute Gasteiger partial charge is 0.418 e. The number of hydrogen-bond acceptors (Lipinski definition) is 3. The Labute approximate surface area is 124 Å². The molecule has 22 heavy (non-hydrogen) atoms. The van der Waals surface area contributed by atoms with Crippen LogP contribution < -0.4 is 10.4 Å². The first-order chi connectivity index (χ1) is 10.3. The molecule has 118 valence electrons. The molecule has 4 nitrogen and oxygen atoms in total. The van der Waals surface area contributed by atoms with Gasteiger partial charge in [-0.2, -0.15) is 13.2 Å². The number of allylic oxidation sites excluding steroid dienone is 2. The lowest BCUT2D eigenvalue weighted by Gasteiger charge is -2.28. The summed E-state index contributed by atoms with van der Waals surface area (Å²) in [7, 11) is 0. The maximum atomic E-state index is 12.9. The summed E-state index contributed by atoms with van der Waals surface area (Å²) >= 11 is 0. The van der Waals surface area contributed by atoms with Crippen LogP contribution in [-0.2, 0) is 15.8 Å². The summed E-state index contributed by atoms with van der Waals surface area (Å²) < 4.78 is 38.6. The Morgan fingerprint density at radius 1 is 1.09 bits per heavy atom. The zero-order valence-electron chi connectivity index (χ0n) is 11.4. The molecule has 1 aliphatic carbocycles. The third-order valence-corrected chi connectivity index (χ3v) is 3.56. The fourth-order valence-corrected chi connectivity index (χ4v) is 2.43. The summed E-state index contributed by atoms with van der Waals surface area (Å²) in [5.41, 5.74) is -1.36. The van der Waals surface area contributed by atoms with Crippen molar-refractivity contribution in [2.45, 2.75) is 19.0 Å². The first-order valence-corrected chi connectivity index (χ1v) is 6.63. The van der Waals surface area contributed by atoms with E-state index in [1.165, 1.54) is 12.1 Å². The lowest BCUT2D eigenvalue weighted by Crippen LogP contribution is -2.41. The summed E-state index contributed by atoms with van der Waals surface area (Å²) in [4.78, 5) is 23.2. The van der Waals surface area contributed by atoms with Gasteiger partial charge in [0.2, 0.25) is 5.91 Å². The molecule has 7 heteroatoms. The molecule has 1 aliphatic rings. The summed E-state index contributed by atoms with van der Waals surface area (Å²) in [6.45, 7) is 0. The Hall–Kier alpha value is -2.31. The van der Waals surface area contributed by atoms with E-state index in [-0.39, 0.29) is 18.5 Å². The number of carbonyl (C=O) groups is 2. The standard InChI is InChI=1S/C15H14F3NO3/c16-15(17,18)11-7-3-4-8-12(11)19-13(20)9-5-1-2-6-10(9)14(21)22/h1-4,7-10H,5-6H2,(H,19,20)(H,21,22)/p-1/t9-,10-/m0/s1. The van der Waals surface area contributed by atoms with E-state index in [9.17, 15) is 27.9 Å². The zero-order chi connectivity index (χ0) is 16.3. The molecule has 1 amide bonds. The highest BCUT2D eigenvalue weighted by molar-refractivity contribution is 5.95. The van der Waals surface area contributed by atoms with Crippen LogP contribution >= 0.6 is 0 Å². The van der Waals surface area contributed by atoms with E-state index in [2.05, 4.69) is 5.32 Å². The second-order valence-electron chi connectivity index (χ2n) is 5.01. The van der Waals surface area contributed by atoms with Crippen molar-refractivity contribution in [2.24, 2.45) is 11.8 Å². The number of hydrogen-bond donors (Lipinski definition) is 1. The third-order valence-electron chi connectivity index (χ3n) is 3.56. The van der Waals surface area contributed by atoms with Gasteiger partial charge in [-0.25, -0.2) is 0 Å². The molecule has 0 heterocycles. The number of carbonyl (C=O) groups excluding carboxylic acids is 2. The maximum Gasteiger partial charge on any atom is 0.418 e. The molecule has 0 aromatic heterocycles. The van der Waals surface area contributed by atoms with Crippen LogP contribution in [0.5, 0.6) is 0 Å². The van der Waals surface area contributed by atoms with Crippen LogP contribution in [0.1, 0.15) is 18.4 Å². The molecular weight excluding hydrogens is 299 g/mol. The molecule has 0 saturated carbocycles. The van der Waals surface area contributed by atoms with Gasteiger partial charge in [0.25, 0.3) is 0 Å². The van der Waals surface area contributed by atoms with E-state index < -0.39 is 35.5 Å². The van der Waals surface area contributed by atoms with Gasteiger partial charge in [-0.3, -0.25) is 4.79 Å². The van der Waals surface area contributed by atoms with E-state index >= 15 is 0 Å². The van der Waals surface area contributed by atoms with Gasteiger partial charge in [0.05, 0.1) is 17.2 Å². The predicted molar refractivity (Wildman–Crippen MR) is 70.4 cm³/mol. The Morgan fingerprint density at radius 3 is 2.27 bits per heavy atom. The normalized spacial score (nSPS) is 21.4. The second-order valence-corrected chi connectivity index (χ2v) is 5.01. The molecule has 0 spiro atoms. The SMILES string of the molecule is O=C([O-])[C@H]1CC=CC[C@@H]1C(=O)Nc1ccccc1C(F)(F)F. The fourth-order valence-electron chi connectivity index (χ4n) is 2.43. The van der Waals surface area contributed by atoms with Crippen molar-refractivity contribution in [2.75, 3.05) is 5.32 Å². The fraction of sp³-hybridized carbons (Fsp3) is 0.333. The predicted octanol–water partition coefficient (Wildman–Crippen LogP) is 1.98. The summed E-state index contributed by atoms with van der Waals surface area (Å²) in [6, 6.07) is 4.56. The number of amides is 1. The average Bonchev–Trinajstić information content (AvgIpc) is 2.46. The van der Waals surface area contributed by atoms with Crippen molar-refractivity contribution in [3.05, 3.63) is 42.0 Å². The molecule has 0 bridgehead atoms. The minimum Gasteiger partial charge on any atom is -0.550 e. The summed E-state index contributed by atoms with van der Waals surface area (Å²) in [5, 5.41) is 13.2. The number of benzene rings is 1. The Bertz CT molecular complexity index is 610. The largest absolute Gasteiger partial charge is 0.550 e. The average molecular weight is 312 g/mol. The molecule has 0 fully saturated rings. The van der Waals surface area contributed by atoms with Gasteiger partial charge in [-0.05, 0) is 25.0 Å². The zero-order valence-corrected chi connectivity index (χ0v) is 11.4. The summed E-state index contributed by atoms with van der Waals surface area (Å²) in [5.74, 6) is -4.12. The number of rotatable bonds is 3. The molecule has 0 unspecified atom stereocenters. The highest BCUT2D eigenvalue weighted by Gasteiger charge is 2.35. The minimum atomic E-state index is -4.61. The second kappa shape index (κ2) is 6.21. The molecule has 1 N–H and O–H groups in total. The van der Waals surface area contributed by atoms with Gasteiger partial charge in [0.1, 0.15) is 0 Å². The maximum absolute atomic E-state index is 12.9. The quantitative estimate of drug-likeness (QED) is 0.868. The van der Waals surface area contributed by atoms with Crippen LogP contribution in [0.15, 0.2) is 36.4 Å². The molecule has 0 radical (unpaired) electrons. The number of alkyl halides is 3. The molecule has 2 rings (SSSR count). The van der Waals surface area contributed by atoms with Crippen molar-refractivity contribution in [1.29, 1.82) is 0 Å². The topological polar surface area (TPSA) is 69.2 Å². The van der Waals surface area contributed by atoms with Crippen molar-refractivity contribution in [1.82, 2.24) is 0 Å². The van der Waals surface area contributed by atoms with E-state index in [0.29, 0.717) is 0 Å². The molecular formula is C15H13F3NO3-. The van der Waals surface area contributed by atoms with Crippen LogP contribution in [0.3, 0.4) is 0 Å². The van der Waals surface area contributed by atoms with E-state index in [4.69, 9.17) is 0 Å². The van der Waals surface area contributed by atoms with Gasteiger partial charge in [-0.1, -0.05) is 24.3 Å². The van der Waals surface area contributed by atoms with Crippen LogP contribution in [0.2, 0.25) is 0 Å². The van der Waals surface area contributed by atoms with Gasteiger partial charge in [0.15, 0.2) is 0 Å². The van der Waals surface area contributed by atoms with Gasteiger partial charge in [0, 0.05) is 11.9 Å². The minimum absolute atomic E-state index is 0.126. The molecule has 2 atom stereocenters. The number of halogens is 3. The van der Waals surface area contributed by atoms with E-state index in [1.54, 1.807) is 12.2 Å². The van der Waals surface area contributed by atoms with Crippen molar-refractivity contribution in [3.8, 4) is 0 Å². The molecule has 0 aliphatic heterocycles. The molecule has 1 aromatic carbocycles. The number of para-hydroxylation sites is 1. The Kier molecular flexibility index (Phi) is 4.54. The van der Waals surface area contributed by atoms with Gasteiger partial charge >= 0.3 is 6.18 Å². The highest BCUT2D eigenvalue weighted by Crippen LogP contribution is 2.35. The van der Waals surface area contributed by atoms with Crippen LogP contribution in [0.25, 0.3) is 0 Å². The van der Waals surface area contributed by atoms with Gasteiger partial charge in [-0.15, -0.1) is 0 Å². The lowest BCUT2D eigenvalue weighted by molar-refractivity contribution is -0.313. The van der Waals surface area contributed by atoms with E-state index in [0.717, 1.165) is 12.1 Å². The van der Waals surface area contributed by atoms with Crippen LogP contribution in [0, 0.1) is 11.8 Å². The van der Waals surface area contributed by atoms with Crippen molar-refractivity contribution < 1.29 is 27.9 Å². The van der Waals surface area contributed by atoms with Crippen LogP contribution in [0.4, 0.5) is 18.9 Å². The first kappa shape index (κ1) is 16.1. The molecule has 0 saturated heterocycles. The number of anilines is 1. The highest BCUT2D eigenvalue weighted by atomic mass is 19.4. The Morgan fingerprint density at radius 2 is 1.68 bits per heavy atom. The van der Waals surface area contributed by atoms with Crippen molar-refractivity contribution >= 4 is 17.6 Å². The van der Waals surface area contributed by atoms with Gasteiger partial charge < -0.3 is 15.2 Å². The summed E-state index contributed by atoms with van der Waals surface area (Å²) in [6.07, 6.45) is -1.07. The number of aliphatic carboxylic acids is 1.